The quantitative estimate of drug-likeness (QED) is 0.885. The molecule has 0 radical (unpaired) electrons. The smallest absolute Gasteiger partial charge is 0.224 e. The number of fused-ring (bicyclic) bond motifs is 2. The molecule has 108 valence electrons. The highest BCUT2D eigenvalue weighted by Crippen LogP contribution is 2.49. The molecule has 1 N–H and O–H groups in total. The molecule has 3 atom stereocenters. The third-order valence-corrected chi connectivity index (χ3v) is 4.79. The molecule has 3 heteroatoms. The van der Waals surface area contributed by atoms with Crippen molar-refractivity contribution in [1.29, 1.82) is 0 Å². The van der Waals surface area contributed by atoms with E-state index in [0.717, 1.165) is 23.3 Å². The van der Waals surface area contributed by atoms with Gasteiger partial charge >= 0.3 is 0 Å². The maximum atomic E-state index is 12.2. The number of carbonyl (C=O) groups is 1. The highest BCUT2D eigenvalue weighted by Gasteiger charge is 2.40. The van der Waals surface area contributed by atoms with Crippen LogP contribution in [0.5, 0.6) is 5.75 Å². The molecular weight excluding hydrogens is 250 g/mol. The summed E-state index contributed by atoms with van der Waals surface area (Å²) in [4.78, 5) is 12.2. The average molecular weight is 273 g/mol. The highest BCUT2D eigenvalue weighted by atomic mass is 16.5. The second-order valence-electron chi connectivity index (χ2n) is 6.12. The number of para-hydroxylation sites is 2. The molecule has 2 aliphatic carbocycles. The average Bonchev–Trinajstić information content (AvgIpc) is 3.03. The van der Waals surface area contributed by atoms with Gasteiger partial charge in [0.25, 0.3) is 0 Å². The van der Waals surface area contributed by atoms with Gasteiger partial charge in [0.05, 0.1) is 12.3 Å². The Hall–Kier alpha value is -1.51. The summed E-state index contributed by atoms with van der Waals surface area (Å²) < 4.78 is 5.54. The number of ether oxygens (including phenoxy) is 1. The van der Waals surface area contributed by atoms with Crippen molar-refractivity contribution in [3.05, 3.63) is 24.3 Å². The van der Waals surface area contributed by atoms with Gasteiger partial charge in [0.15, 0.2) is 0 Å². The third-order valence-electron chi connectivity index (χ3n) is 4.79. The van der Waals surface area contributed by atoms with Crippen molar-refractivity contribution in [2.75, 3.05) is 11.9 Å². The first-order valence-corrected chi connectivity index (χ1v) is 7.78. The van der Waals surface area contributed by atoms with Crippen LogP contribution in [0.3, 0.4) is 0 Å². The number of hydrogen-bond acceptors (Lipinski definition) is 2. The zero-order chi connectivity index (χ0) is 13.9. The summed E-state index contributed by atoms with van der Waals surface area (Å²) in [6.07, 6.45) is 5.99. The Morgan fingerprint density at radius 3 is 2.85 bits per heavy atom. The molecule has 3 rings (SSSR count). The Morgan fingerprint density at radius 2 is 2.15 bits per heavy atom. The molecule has 0 aromatic heterocycles. The summed E-state index contributed by atoms with van der Waals surface area (Å²) in [6.45, 7) is 2.56. The van der Waals surface area contributed by atoms with E-state index in [-0.39, 0.29) is 5.91 Å². The van der Waals surface area contributed by atoms with Crippen LogP contribution in [0.2, 0.25) is 0 Å². The minimum Gasteiger partial charge on any atom is -0.492 e. The minimum atomic E-state index is 0.134. The molecule has 3 nitrogen and oxygen atoms in total. The van der Waals surface area contributed by atoms with Crippen molar-refractivity contribution >= 4 is 11.6 Å². The fraction of sp³-hybridized carbons (Fsp3) is 0.588. The Bertz CT molecular complexity index is 486. The van der Waals surface area contributed by atoms with Crippen LogP contribution in [-0.4, -0.2) is 12.5 Å². The summed E-state index contributed by atoms with van der Waals surface area (Å²) in [5.41, 5.74) is 0.794. The molecule has 1 amide bonds. The molecule has 0 aliphatic heterocycles. The molecular formula is C17H23NO2. The van der Waals surface area contributed by atoms with Crippen LogP contribution in [0.4, 0.5) is 5.69 Å². The molecule has 2 saturated carbocycles. The van der Waals surface area contributed by atoms with E-state index in [1.165, 1.54) is 25.7 Å². The van der Waals surface area contributed by atoms with Gasteiger partial charge in [-0.1, -0.05) is 18.6 Å². The molecule has 0 unspecified atom stereocenters. The van der Waals surface area contributed by atoms with Crippen LogP contribution < -0.4 is 10.1 Å². The van der Waals surface area contributed by atoms with Crippen LogP contribution >= 0.6 is 0 Å². The normalized spacial score (nSPS) is 27.6. The van der Waals surface area contributed by atoms with E-state index in [9.17, 15) is 4.79 Å². The number of carbonyl (C=O) groups excluding carboxylic acids is 1. The summed E-state index contributed by atoms with van der Waals surface area (Å²) >= 11 is 0. The largest absolute Gasteiger partial charge is 0.492 e. The van der Waals surface area contributed by atoms with Crippen molar-refractivity contribution in [2.24, 2.45) is 17.8 Å². The number of benzene rings is 1. The van der Waals surface area contributed by atoms with Crippen molar-refractivity contribution in [2.45, 2.75) is 39.0 Å². The standard InChI is InChI=1S/C17H23NO2/c1-2-20-16-6-4-3-5-15(16)18-17(19)11-14-10-12-7-8-13(14)9-12/h3-6,12-14H,2,7-11H2,1H3,(H,18,19)/t12-,13+,14+/m0/s1. The topological polar surface area (TPSA) is 38.3 Å². The number of hydrogen-bond donors (Lipinski definition) is 1. The number of nitrogens with one attached hydrogen (secondary N) is 1. The van der Waals surface area contributed by atoms with Gasteiger partial charge in [0, 0.05) is 6.42 Å². The van der Waals surface area contributed by atoms with Gasteiger partial charge in [-0.15, -0.1) is 0 Å². The van der Waals surface area contributed by atoms with Crippen molar-refractivity contribution in [1.82, 2.24) is 0 Å². The second-order valence-corrected chi connectivity index (χ2v) is 6.12. The van der Waals surface area contributed by atoms with E-state index in [4.69, 9.17) is 4.74 Å². The lowest BCUT2D eigenvalue weighted by molar-refractivity contribution is -0.117. The molecule has 0 heterocycles. The predicted octanol–water partition coefficient (Wildman–Crippen LogP) is 3.85. The van der Waals surface area contributed by atoms with Crippen LogP contribution in [0.15, 0.2) is 24.3 Å². The third kappa shape index (κ3) is 2.82. The monoisotopic (exact) mass is 273 g/mol. The first-order valence-electron chi connectivity index (χ1n) is 7.78. The number of anilines is 1. The molecule has 2 aliphatic rings. The first kappa shape index (κ1) is 13.5. The Morgan fingerprint density at radius 1 is 1.30 bits per heavy atom. The number of amides is 1. The van der Waals surface area contributed by atoms with Gasteiger partial charge in [-0.2, -0.15) is 0 Å². The fourth-order valence-electron chi connectivity index (χ4n) is 3.92. The molecule has 1 aromatic carbocycles. The van der Waals surface area contributed by atoms with E-state index in [1.807, 2.05) is 31.2 Å². The van der Waals surface area contributed by atoms with E-state index in [2.05, 4.69) is 5.32 Å². The molecule has 0 spiro atoms. The molecule has 2 fully saturated rings. The van der Waals surface area contributed by atoms with Gasteiger partial charge in [0.2, 0.25) is 5.91 Å². The Labute approximate surface area is 120 Å². The van der Waals surface area contributed by atoms with Gasteiger partial charge < -0.3 is 10.1 Å². The van der Waals surface area contributed by atoms with Crippen LogP contribution in [0.25, 0.3) is 0 Å². The van der Waals surface area contributed by atoms with Crippen molar-refractivity contribution in [3.8, 4) is 5.75 Å². The van der Waals surface area contributed by atoms with Crippen molar-refractivity contribution in [3.63, 3.8) is 0 Å². The zero-order valence-electron chi connectivity index (χ0n) is 12.1. The summed E-state index contributed by atoms with van der Waals surface area (Å²) in [6, 6.07) is 7.66. The summed E-state index contributed by atoms with van der Waals surface area (Å²) in [5, 5.41) is 3.02. The fourth-order valence-corrected chi connectivity index (χ4v) is 3.92. The number of rotatable bonds is 5. The maximum Gasteiger partial charge on any atom is 0.224 e. The van der Waals surface area contributed by atoms with Crippen LogP contribution in [0.1, 0.15) is 39.0 Å². The van der Waals surface area contributed by atoms with E-state index < -0.39 is 0 Å². The molecule has 20 heavy (non-hydrogen) atoms. The predicted molar refractivity (Wildman–Crippen MR) is 79.8 cm³/mol. The molecule has 2 bridgehead atoms. The summed E-state index contributed by atoms with van der Waals surface area (Å²) in [5.74, 6) is 3.19. The lowest BCUT2D eigenvalue weighted by atomic mass is 9.86. The minimum absolute atomic E-state index is 0.134. The molecule has 0 saturated heterocycles. The second kappa shape index (κ2) is 5.86. The maximum absolute atomic E-state index is 12.2. The Kier molecular flexibility index (Phi) is 3.95. The lowest BCUT2D eigenvalue weighted by Crippen LogP contribution is -2.20. The van der Waals surface area contributed by atoms with E-state index in [1.54, 1.807) is 0 Å². The van der Waals surface area contributed by atoms with Gasteiger partial charge in [-0.25, -0.2) is 0 Å². The SMILES string of the molecule is CCOc1ccccc1NC(=O)C[C@H]1C[C@H]2CC[C@@H]1C2. The van der Waals surface area contributed by atoms with Crippen LogP contribution in [-0.2, 0) is 4.79 Å². The lowest BCUT2D eigenvalue weighted by Gasteiger charge is -2.21. The van der Waals surface area contributed by atoms with E-state index >= 15 is 0 Å². The first-order chi connectivity index (χ1) is 9.76. The highest BCUT2D eigenvalue weighted by molar-refractivity contribution is 5.92. The van der Waals surface area contributed by atoms with Gasteiger partial charge in [-0.3, -0.25) is 4.79 Å². The Balaban J connectivity index is 1.59. The van der Waals surface area contributed by atoms with E-state index in [0.29, 0.717) is 18.9 Å². The summed E-state index contributed by atoms with van der Waals surface area (Å²) in [7, 11) is 0. The van der Waals surface area contributed by atoms with Crippen LogP contribution in [0, 0.1) is 17.8 Å². The van der Waals surface area contributed by atoms with Crippen molar-refractivity contribution < 1.29 is 9.53 Å². The molecule has 1 aromatic rings. The van der Waals surface area contributed by atoms with Gasteiger partial charge in [0.1, 0.15) is 5.75 Å². The zero-order valence-corrected chi connectivity index (χ0v) is 12.1. The van der Waals surface area contributed by atoms with Gasteiger partial charge in [-0.05, 0) is 56.1 Å².